The number of likely N-dealkylation sites (tertiary alicyclic amines) is 2. The Bertz CT molecular complexity index is 976. The SMILES string of the molecule is O=C(O)CN(CC(=O)N1CCC2(CC1)CC(O)CO2)C1CCCCC1N(CC(=O)O)CC(=O)N1CCC2(CC1)CC(O)CO2. The van der Waals surface area contributed by atoms with Crippen molar-refractivity contribution in [2.45, 2.75) is 99.7 Å². The summed E-state index contributed by atoms with van der Waals surface area (Å²) in [5.74, 6) is -2.52. The highest BCUT2D eigenvalue weighted by Gasteiger charge is 2.45. The van der Waals surface area contributed by atoms with Gasteiger partial charge in [0.1, 0.15) is 0 Å². The Labute approximate surface area is 257 Å². The van der Waals surface area contributed by atoms with Gasteiger partial charge >= 0.3 is 11.9 Å². The molecule has 0 aromatic heterocycles. The molecule has 1 saturated carbocycles. The van der Waals surface area contributed by atoms with Crippen LogP contribution in [-0.4, -0.2) is 165 Å². The summed E-state index contributed by atoms with van der Waals surface area (Å²) in [6.07, 6.45) is 5.38. The lowest BCUT2D eigenvalue weighted by Gasteiger charge is -2.45. The standard InChI is InChI=1S/C30H48N4O10/c35-21-13-29(43-19-21)5-9-31(10-6-29)25(37)15-33(17-27(39)40)23-3-1-2-4-24(23)34(18-28(41)42)16-26(38)32-11-7-30(8-12-32)14-22(36)20-44-30/h21-24,35-36H,1-20H2,(H,39,40)(H,41,42). The van der Waals surface area contributed by atoms with Crippen molar-refractivity contribution in [3.63, 3.8) is 0 Å². The number of aliphatic hydroxyl groups excluding tert-OH is 2. The van der Waals surface area contributed by atoms with Crippen molar-refractivity contribution < 1.29 is 49.1 Å². The highest BCUT2D eigenvalue weighted by molar-refractivity contribution is 5.80. The molecular formula is C30H48N4O10. The first-order valence-electron chi connectivity index (χ1n) is 16.1. The zero-order chi connectivity index (χ0) is 31.5. The zero-order valence-electron chi connectivity index (χ0n) is 25.5. The van der Waals surface area contributed by atoms with Crippen LogP contribution in [-0.2, 0) is 28.7 Å². The van der Waals surface area contributed by atoms with E-state index < -0.39 is 47.4 Å². The first kappa shape index (κ1) is 33.0. The van der Waals surface area contributed by atoms with E-state index in [2.05, 4.69) is 0 Å². The van der Waals surface area contributed by atoms with Gasteiger partial charge in [0.25, 0.3) is 0 Å². The first-order chi connectivity index (χ1) is 21.0. The van der Waals surface area contributed by atoms with Crippen molar-refractivity contribution >= 4 is 23.8 Å². The fourth-order valence-electron chi connectivity index (χ4n) is 8.08. The minimum Gasteiger partial charge on any atom is -0.480 e. The number of hydrogen-bond donors (Lipinski definition) is 4. The molecule has 0 aromatic carbocycles. The quantitative estimate of drug-likeness (QED) is 0.242. The largest absolute Gasteiger partial charge is 0.480 e. The summed E-state index contributed by atoms with van der Waals surface area (Å²) in [6.45, 7) is 1.48. The van der Waals surface area contributed by atoms with E-state index in [0.717, 1.165) is 12.8 Å². The number of aliphatic hydroxyl groups is 2. The van der Waals surface area contributed by atoms with Crippen LogP contribution in [0.4, 0.5) is 0 Å². The molecule has 0 radical (unpaired) electrons. The van der Waals surface area contributed by atoms with Crippen molar-refractivity contribution in [2.75, 3.05) is 65.6 Å². The number of hydrogen-bond acceptors (Lipinski definition) is 10. The van der Waals surface area contributed by atoms with E-state index in [-0.39, 0.29) is 38.0 Å². The fourth-order valence-corrected chi connectivity index (χ4v) is 8.08. The van der Waals surface area contributed by atoms with E-state index in [1.54, 1.807) is 19.6 Å². The van der Waals surface area contributed by atoms with Gasteiger partial charge in [-0.25, -0.2) is 0 Å². The Balaban J connectivity index is 1.24. The number of rotatable bonds is 10. The zero-order valence-corrected chi connectivity index (χ0v) is 25.5. The van der Waals surface area contributed by atoms with Crippen LogP contribution in [0, 0.1) is 0 Å². The lowest BCUT2D eigenvalue weighted by molar-refractivity contribution is -0.148. The molecule has 2 spiro atoms. The molecular weight excluding hydrogens is 576 g/mol. The maximum atomic E-state index is 13.5. The predicted octanol–water partition coefficient (Wildman–Crippen LogP) is -0.644. The second-order valence-electron chi connectivity index (χ2n) is 13.5. The number of carbonyl (C=O) groups is 4. The summed E-state index contributed by atoms with van der Waals surface area (Å²) >= 11 is 0. The molecule has 14 nitrogen and oxygen atoms in total. The van der Waals surface area contributed by atoms with Crippen molar-refractivity contribution in [1.82, 2.24) is 19.6 Å². The Kier molecular flexibility index (Phi) is 10.5. The summed E-state index contributed by atoms with van der Waals surface area (Å²) in [5.41, 5.74) is -0.814. The molecule has 4 saturated heterocycles. The van der Waals surface area contributed by atoms with Crippen LogP contribution in [0.25, 0.3) is 0 Å². The van der Waals surface area contributed by atoms with Gasteiger partial charge in [0, 0.05) is 51.1 Å². The second-order valence-corrected chi connectivity index (χ2v) is 13.5. The van der Waals surface area contributed by atoms with Gasteiger partial charge in [0.05, 0.1) is 62.8 Å². The topological polar surface area (TPSA) is 181 Å². The van der Waals surface area contributed by atoms with Crippen LogP contribution in [0.2, 0.25) is 0 Å². The summed E-state index contributed by atoms with van der Waals surface area (Å²) < 4.78 is 11.7. The minimum atomic E-state index is -1.07. The van der Waals surface area contributed by atoms with E-state index in [9.17, 15) is 39.6 Å². The predicted molar refractivity (Wildman–Crippen MR) is 155 cm³/mol. The molecule has 5 fully saturated rings. The second kappa shape index (κ2) is 14.0. The lowest BCUT2D eigenvalue weighted by Crippen LogP contribution is -2.59. The number of carboxylic acids is 2. The van der Waals surface area contributed by atoms with Gasteiger partial charge < -0.3 is 39.7 Å². The normalized spacial score (nSPS) is 30.0. The molecule has 5 rings (SSSR count). The highest BCUT2D eigenvalue weighted by Crippen LogP contribution is 2.37. The number of carboxylic acid groups (broad SMARTS) is 2. The van der Waals surface area contributed by atoms with Crippen LogP contribution in [0.1, 0.15) is 64.2 Å². The third kappa shape index (κ3) is 7.88. The average molecular weight is 625 g/mol. The molecule has 4 aliphatic heterocycles. The summed E-state index contributed by atoms with van der Waals surface area (Å²) in [7, 11) is 0. The van der Waals surface area contributed by atoms with Crippen molar-refractivity contribution in [3.05, 3.63) is 0 Å². The molecule has 0 bridgehead atoms. The number of aliphatic carboxylic acids is 2. The van der Waals surface area contributed by atoms with Crippen LogP contribution in [0.5, 0.6) is 0 Å². The monoisotopic (exact) mass is 624 g/mol. The molecule has 4 N–H and O–H groups in total. The molecule has 4 heterocycles. The molecule has 44 heavy (non-hydrogen) atoms. The van der Waals surface area contributed by atoms with E-state index in [4.69, 9.17) is 9.47 Å². The summed E-state index contributed by atoms with van der Waals surface area (Å²) in [4.78, 5) is 57.6. The average Bonchev–Trinajstić information content (AvgIpc) is 3.53. The Morgan fingerprint density at radius 1 is 0.636 bits per heavy atom. The van der Waals surface area contributed by atoms with Gasteiger partial charge in [-0.2, -0.15) is 0 Å². The lowest BCUT2D eigenvalue weighted by atomic mass is 9.87. The van der Waals surface area contributed by atoms with Crippen LogP contribution < -0.4 is 0 Å². The van der Waals surface area contributed by atoms with Gasteiger partial charge in [-0.1, -0.05) is 12.8 Å². The van der Waals surface area contributed by atoms with Crippen LogP contribution >= 0.6 is 0 Å². The number of amides is 2. The van der Waals surface area contributed by atoms with Crippen LogP contribution in [0.3, 0.4) is 0 Å². The van der Waals surface area contributed by atoms with Gasteiger partial charge in [0.2, 0.25) is 11.8 Å². The van der Waals surface area contributed by atoms with E-state index in [0.29, 0.717) is 90.8 Å². The number of nitrogens with zero attached hydrogens (tertiary/aromatic N) is 4. The fraction of sp³-hybridized carbons (Fsp3) is 0.867. The molecule has 1 aliphatic carbocycles. The molecule has 248 valence electrons. The van der Waals surface area contributed by atoms with Crippen LogP contribution in [0.15, 0.2) is 0 Å². The number of ether oxygens (including phenoxy) is 2. The Hall–Kier alpha value is -2.36. The summed E-state index contributed by atoms with van der Waals surface area (Å²) in [6, 6.07) is -0.809. The van der Waals surface area contributed by atoms with Crippen molar-refractivity contribution in [2.24, 2.45) is 0 Å². The van der Waals surface area contributed by atoms with Gasteiger partial charge in [-0.05, 0) is 38.5 Å². The Morgan fingerprint density at radius 2 is 1.00 bits per heavy atom. The smallest absolute Gasteiger partial charge is 0.317 e. The molecule has 5 aliphatic rings. The summed E-state index contributed by atoms with van der Waals surface area (Å²) in [5, 5.41) is 39.4. The third-order valence-electron chi connectivity index (χ3n) is 10.4. The van der Waals surface area contributed by atoms with E-state index in [1.165, 1.54) is 0 Å². The maximum Gasteiger partial charge on any atom is 0.317 e. The van der Waals surface area contributed by atoms with Gasteiger partial charge in [-0.15, -0.1) is 0 Å². The Morgan fingerprint density at radius 3 is 1.30 bits per heavy atom. The molecule has 0 aromatic rings. The van der Waals surface area contributed by atoms with Gasteiger partial charge in [0.15, 0.2) is 0 Å². The van der Waals surface area contributed by atoms with Crippen molar-refractivity contribution in [3.8, 4) is 0 Å². The molecule has 2 amide bonds. The maximum absolute atomic E-state index is 13.5. The third-order valence-corrected chi connectivity index (χ3v) is 10.4. The van der Waals surface area contributed by atoms with E-state index >= 15 is 0 Å². The first-order valence-corrected chi connectivity index (χ1v) is 16.1. The molecule has 4 unspecified atom stereocenters. The molecule has 14 heteroatoms. The van der Waals surface area contributed by atoms with Crippen molar-refractivity contribution in [1.29, 1.82) is 0 Å². The van der Waals surface area contributed by atoms with E-state index in [1.807, 2.05) is 0 Å². The number of piperidine rings is 2. The van der Waals surface area contributed by atoms with Gasteiger partial charge in [-0.3, -0.25) is 29.0 Å². The minimum absolute atomic E-state index is 0.112. The molecule has 4 atom stereocenters. The number of carbonyl (C=O) groups excluding carboxylic acids is 2. The highest BCUT2D eigenvalue weighted by atomic mass is 16.5.